The lowest BCUT2D eigenvalue weighted by molar-refractivity contribution is 0.410. The Morgan fingerprint density at radius 3 is 2.58 bits per heavy atom. The second kappa shape index (κ2) is 6.49. The van der Waals surface area contributed by atoms with E-state index >= 15 is 0 Å². The zero-order chi connectivity index (χ0) is 13.8. The molecule has 0 aliphatic carbocycles. The topological polar surface area (TPSA) is 38.9 Å². The predicted octanol–water partition coefficient (Wildman–Crippen LogP) is 4.82. The number of hydrogen-bond donors (Lipinski definition) is 1. The first-order valence-corrected chi connectivity index (χ1v) is 7.75. The Morgan fingerprint density at radius 1 is 1.21 bits per heavy atom. The molecule has 1 aromatic heterocycles. The number of aromatic nitrogens is 1. The van der Waals surface area contributed by atoms with Crippen LogP contribution < -0.4 is 5.73 Å². The highest BCUT2D eigenvalue weighted by molar-refractivity contribution is 9.10. The molecule has 3 heteroatoms. The smallest absolute Gasteiger partial charge is 0.0720 e. The maximum absolute atomic E-state index is 6.35. The fourth-order valence-electron chi connectivity index (χ4n) is 2.46. The number of nitrogens with zero attached hydrogens (tertiary/aromatic N) is 1. The zero-order valence-electron chi connectivity index (χ0n) is 11.6. The van der Waals surface area contributed by atoms with Crippen molar-refractivity contribution in [2.24, 2.45) is 11.7 Å². The van der Waals surface area contributed by atoms with Crippen LogP contribution in [-0.4, -0.2) is 4.98 Å². The van der Waals surface area contributed by atoms with Gasteiger partial charge in [-0.3, -0.25) is 0 Å². The molecule has 1 aromatic carbocycles. The fourth-order valence-corrected chi connectivity index (χ4v) is 3.09. The molecule has 19 heavy (non-hydrogen) atoms. The van der Waals surface area contributed by atoms with Gasteiger partial charge >= 0.3 is 0 Å². The van der Waals surface area contributed by atoms with Crippen LogP contribution >= 0.6 is 15.9 Å². The Morgan fingerprint density at radius 2 is 1.89 bits per heavy atom. The molecule has 0 bridgehead atoms. The van der Waals surface area contributed by atoms with Crippen molar-refractivity contribution in [3.05, 3.63) is 40.5 Å². The lowest BCUT2D eigenvalue weighted by Gasteiger charge is -2.19. The van der Waals surface area contributed by atoms with Gasteiger partial charge in [-0.15, -0.1) is 0 Å². The SMILES string of the molecule is CCC(CC)CC(N)c1nc2ccccc2cc1Br. The third-order valence-electron chi connectivity index (χ3n) is 3.80. The molecule has 0 saturated heterocycles. The van der Waals surface area contributed by atoms with Crippen LogP contribution in [0.25, 0.3) is 10.9 Å². The lowest BCUT2D eigenvalue weighted by atomic mass is 9.93. The largest absolute Gasteiger partial charge is 0.323 e. The Labute approximate surface area is 123 Å². The minimum Gasteiger partial charge on any atom is -0.323 e. The van der Waals surface area contributed by atoms with E-state index in [1.165, 1.54) is 12.8 Å². The Balaban J connectivity index is 2.30. The standard InChI is InChI=1S/C16H21BrN2/c1-3-11(4-2)9-14(18)16-13(17)10-12-7-5-6-8-15(12)19-16/h5-8,10-11,14H,3-4,9,18H2,1-2H3. The molecule has 0 aliphatic rings. The van der Waals surface area contributed by atoms with Crippen LogP contribution in [0, 0.1) is 5.92 Å². The van der Waals surface area contributed by atoms with E-state index in [0.717, 1.165) is 27.5 Å². The molecule has 1 heterocycles. The third-order valence-corrected chi connectivity index (χ3v) is 4.43. The summed E-state index contributed by atoms with van der Waals surface area (Å²) in [5.74, 6) is 0.676. The second-order valence-electron chi connectivity index (χ2n) is 5.07. The maximum Gasteiger partial charge on any atom is 0.0720 e. The second-order valence-corrected chi connectivity index (χ2v) is 5.93. The Bertz CT molecular complexity index is 549. The molecule has 0 saturated carbocycles. The van der Waals surface area contributed by atoms with Crippen molar-refractivity contribution in [2.45, 2.75) is 39.2 Å². The summed E-state index contributed by atoms with van der Waals surface area (Å²) >= 11 is 3.61. The van der Waals surface area contributed by atoms with Gasteiger partial charge in [0.1, 0.15) is 0 Å². The summed E-state index contributed by atoms with van der Waals surface area (Å²) in [5, 5.41) is 1.15. The van der Waals surface area contributed by atoms with E-state index in [1.807, 2.05) is 18.2 Å². The van der Waals surface area contributed by atoms with Crippen LogP contribution in [0.1, 0.15) is 44.8 Å². The van der Waals surface area contributed by atoms with Crippen molar-refractivity contribution in [1.82, 2.24) is 4.98 Å². The minimum absolute atomic E-state index is 0.00359. The van der Waals surface area contributed by atoms with Crippen LogP contribution in [0.5, 0.6) is 0 Å². The molecule has 0 radical (unpaired) electrons. The summed E-state index contributed by atoms with van der Waals surface area (Å²) in [6.45, 7) is 4.45. The van der Waals surface area contributed by atoms with Gasteiger partial charge in [-0.1, -0.05) is 44.9 Å². The molecule has 2 nitrogen and oxygen atoms in total. The number of fused-ring (bicyclic) bond motifs is 1. The quantitative estimate of drug-likeness (QED) is 0.857. The first kappa shape index (κ1) is 14.5. The first-order chi connectivity index (χ1) is 9.15. The van der Waals surface area contributed by atoms with E-state index in [9.17, 15) is 0 Å². The highest BCUT2D eigenvalue weighted by Crippen LogP contribution is 2.29. The van der Waals surface area contributed by atoms with Crippen LogP contribution in [-0.2, 0) is 0 Å². The van der Waals surface area contributed by atoms with E-state index in [-0.39, 0.29) is 6.04 Å². The molecule has 0 aliphatic heterocycles. The minimum atomic E-state index is 0.00359. The molecule has 102 valence electrons. The molecular formula is C16H21BrN2. The summed E-state index contributed by atoms with van der Waals surface area (Å²) in [4.78, 5) is 4.72. The number of hydrogen-bond acceptors (Lipinski definition) is 2. The Hall–Kier alpha value is -0.930. The average molecular weight is 321 g/mol. The predicted molar refractivity (Wildman–Crippen MR) is 85.1 cm³/mol. The molecule has 0 fully saturated rings. The summed E-state index contributed by atoms with van der Waals surface area (Å²) in [5.41, 5.74) is 8.34. The van der Waals surface area contributed by atoms with Gasteiger partial charge < -0.3 is 5.73 Å². The van der Waals surface area contributed by atoms with Crippen LogP contribution in [0.15, 0.2) is 34.8 Å². The van der Waals surface area contributed by atoms with Gasteiger partial charge in [-0.05, 0) is 40.4 Å². The highest BCUT2D eigenvalue weighted by atomic mass is 79.9. The van der Waals surface area contributed by atoms with Crippen LogP contribution in [0.3, 0.4) is 0 Å². The Kier molecular flexibility index (Phi) is 4.94. The average Bonchev–Trinajstić information content (AvgIpc) is 2.43. The van der Waals surface area contributed by atoms with Gasteiger partial charge in [0.05, 0.1) is 11.2 Å². The number of benzene rings is 1. The summed E-state index contributed by atoms with van der Waals surface area (Å²) in [7, 11) is 0. The van der Waals surface area contributed by atoms with Crippen LogP contribution in [0.4, 0.5) is 0 Å². The molecule has 0 spiro atoms. The van der Waals surface area contributed by atoms with Gasteiger partial charge in [0.2, 0.25) is 0 Å². The molecule has 1 atom stereocenters. The van der Waals surface area contributed by atoms with Crippen molar-refractivity contribution in [1.29, 1.82) is 0 Å². The zero-order valence-corrected chi connectivity index (χ0v) is 13.2. The number of nitrogens with two attached hydrogens (primary N) is 1. The molecule has 2 aromatic rings. The first-order valence-electron chi connectivity index (χ1n) is 6.96. The van der Waals surface area contributed by atoms with Gasteiger partial charge in [0.15, 0.2) is 0 Å². The van der Waals surface area contributed by atoms with E-state index in [2.05, 4.69) is 41.9 Å². The van der Waals surface area contributed by atoms with E-state index in [0.29, 0.717) is 5.92 Å². The van der Waals surface area contributed by atoms with Crippen molar-refractivity contribution in [3.8, 4) is 0 Å². The molecular weight excluding hydrogens is 300 g/mol. The maximum atomic E-state index is 6.35. The number of pyridine rings is 1. The normalized spacial score (nSPS) is 13.1. The summed E-state index contributed by atoms with van der Waals surface area (Å²) in [6, 6.07) is 10.3. The molecule has 1 unspecified atom stereocenters. The van der Waals surface area contributed by atoms with Gasteiger partial charge in [-0.2, -0.15) is 0 Å². The van der Waals surface area contributed by atoms with E-state index in [1.54, 1.807) is 0 Å². The van der Waals surface area contributed by atoms with E-state index < -0.39 is 0 Å². The number of para-hydroxylation sites is 1. The van der Waals surface area contributed by atoms with Crippen LogP contribution in [0.2, 0.25) is 0 Å². The molecule has 2 rings (SSSR count). The van der Waals surface area contributed by atoms with Crippen molar-refractivity contribution in [2.75, 3.05) is 0 Å². The summed E-state index contributed by atoms with van der Waals surface area (Å²) < 4.78 is 1.02. The third kappa shape index (κ3) is 3.34. The van der Waals surface area contributed by atoms with E-state index in [4.69, 9.17) is 10.7 Å². The monoisotopic (exact) mass is 320 g/mol. The van der Waals surface area contributed by atoms with Crippen molar-refractivity contribution >= 4 is 26.8 Å². The van der Waals surface area contributed by atoms with Crippen molar-refractivity contribution < 1.29 is 0 Å². The highest BCUT2D eigenvalue weighted by Gasteiger charge is 2.16. The summed E-state index contributed by atoms with van der Waals surface area (Å²) in [6.07, 6.45) is 3.35. The van der Waals surface area contributed by atoms with Gasteiger partial charge in [0.25, 0.3) is 0 Å². The fraction of sp³-hybridized carbons (Fsp3) is 0.438. The lowest BCUT2D eigenvalue weighted by Crippen LogP contribution is -2.17. The number of halogens is 1. The van der Waals surface area contributed by atoms with Gasteiger partial charge in [0, 0.05) is 15.9 Å². The number of rotatable bonds is 5. The molecule has 2 N–H and O–H groups in total. The van der Waals surface area contributed by atoms with Crippen molar-refractivity contribution in [3.63, 3.8) is 0 Å². The molecule has 0 amide bonds. The van der Waals surface area contributed by atoms with Gasteiger partial charge in [-0.25, -0.2) is 4.98 Å².